The molecule has 0 atom stereocenters. The van der Waals surface area contributed by atoms with Crippen LogP contribution in [-0.4, -0.2) is 45.6 Å². The second-order valence-electron chi connectivity index (χ2n) is 6.38. The van der Waals surface area contributed by atoms with Crippen molar-refractivity contribution in [3.05, 3.63) is 60.0 Å². The van der Waals surface area contributed by atoms with Crippen LogP contribution in [0.1, 0.15) is 0 Å². The summed E-state index contributed by atoms with van der Waals surface area (Å²) < 4.78 is 26.3. The van der Waals surface area contributed by atoms with E-state index in [1.54, 1.807) is 44.6 Å². The van der Waals surface area contributed by atoms with E-state index in [0.29, 0.717) is 33.2 Å². The summed E-state index contributed by atoms with van der Waals surface area (Å²) in [6.07, 6.45) is 1.41. The molecule has 164 valence electrons. The molecule has 0 saturated carbocycles. The Morgan fingerprint density at radius 2 is 2.06 bits per heavy atom. The van der Waals surface area contributed by atoms with Gasteiger partial charge in [0.2, 0.25) is 5.91 Å². The smallest absolute Gasteiger partial charge is 0.236 e. The van der Waals surface area contributed by atoms with E-state index in [1.165, 1.54) is 28.3 Å². The molecular formula is C21H18FN5O3S2. The van der Waals surface area contributed by atoms with E-state index < -0.39 is 5.82 Å². The quantitative estimate of drug-likeness (QED) is 0.384. The molecule has 0 fully saturated rings. The van der Waals surface area contributed by atoms with Gasteiger partial charge < -0.3 is 14.8 Å². The Morgan fingerprint density at radius 3 is 2.84 bits per heavy atom. The number of aromatic nitrogens is 4. The molecule has 2 aromatic heterocycles. The van der Waals surface area contributed by atoms with E-state index in [4.69, 9.17) is 9.47 Å². The largest absolute Gasteiger partial charge is 0.497 e. The van der Waals surface area contributed by atoms with Crippen LogP contribution in [0.3, 0.4) is 0 Å². The molecule has 0 radical (unpaired) electrons. The summed E-state index contributed by atoms with van der Waals surface area (Å²) in [4.78, 5) is 16.9. The number of rotatable bonds is 8. The van der Waals surface area contributed by atoms with E-state index in [0.717, 1.165) is 17.3 Å². The highest BCUT2D eigenvalue weighted by Crippen LogP contribution is 2.35. The Hall–Kier alpha value is -3.44. The third kappa shape index (κ3) is 4.73. The van der Waals surface area contributed by atoms with Gasteiger partial charge in [-0.05, 0) is 30.3 Å². The van der Waals surface area contributed by atoms with Gasteiger partial charge in [-0.15, -0.1) is 21.5 Å². The number of anilines is 1. The number of carbonyl (C=O) groups excluding carboxylic acids is 1. The number of para-hydroxylation sites is 1. The van der Waals surface area contributed by atoms with E-state index in [-0.39, 0.29) is 11.7 Å². The first-order valence-corrected chi connectivity index (χ1v) is 11.2. The summed E-state index contributed by atoms with van der Waals surface area (Å²) in [5.41, 5.74) is 1.74. The average molecular weight is 472 g/mol. The molecule has 2 aromatic carbocycles. The predicted octanol–water partition coefficient (Wildman–Crippen LogP) is 4.28. The fraction of sp³-hybridized carbons (Fsp3) is 0.143. The molecule has 8 nitrogen and oxygen atoms in total. The normalized spacial score (nSPS) is 10.7. The lowest BCUT2D eigenvalue weighted by molar-refractivity contribution is -0.113. The van der Waals surface area contributed by atoms with Crippen LogP contribution < -0.4 is 14.8 Å². The number of carbonyl (C=O) groups is 1. The van der Waals surface area contributed by atoms with Gasteiger partial charge >= 0.3 is 0 Å². The van der Waals surface area contributed by atoms with Gasteiger partial charge in [-0.1, -0.05) is 23.9 Å². The Bertz CT molecular complexity index is 1240. The Morgan fingerprint density at radius 1 is 1.22 bits per heavy atom. The molecule has 4 aromatic rings. The Kier molecular flexibility index (Phi) is 6.66. The molecule has 0 saturated heterocycles. The zero-order valence-corrected chi connectivity index (χ0v) is 18.7. The zero-order chi connectivity index (χ0) is 22.5. The highest BCUT2D eigenvalue weighted by molar-refractivity contribution is 7.99. The summed E-state index contributed by atoms with van der Waals surface area (Å²) in [6, 6.07) is 11.7. The minimum atomic E-state index is -0.401. The van der Waals surface area contributed by atoms with Crippen molar-refractivity contribution in [1.82, 2.24) is 19.7 Å². The van der Waals surface area contributed by atoms with Crippen molar-refractivity contribution in [2.24, 2.45) is 0 Å². The maximum atomic E-state index is 14.1. The number of nitrogens with one attached hydrogen (secondary N) is 1. The molecular weight excluding hydrogens is 453 g/mol. The van der Waals surface area contributed by atoms with E-state index in [2.05, 4.69) is 20.5 Å². The summed E-state index contributed by atoms with van der Waals surface area (Å²) in [5, 5.41) is 13.3. The minimum absolute atomic E-state index is 0.0601. The number of nitrogens with zero attached hydrogens (tertiary/aromatic N) is 4. The number of methoxy groups -OCH3 is 2. The maximum absolute atomic E-state index is 14.1. The molecule has 0 spiro atoms. The lowest BCUT2D eigenvalue weighted by atomic mass is 10.1. The molecule has 2 heterocycles. The first kappa shape index (κ1) is 21.8. The molecule has 11 heteroatoms. The van der Waals surface area contributed by atoms with Crippen LogP contribution in [0.15, 0.2) is 59.3 Å². The predicted molar refractivity (Wildman–Crippen MR) is 121 cm³/mol. The van der Waals surface area contributed by atoms with Gasteiger partial charge in [0.05, 0.1) is 31.4 Å². The lowest BCUT2D eigenvalue weighted by Crippen LogP contribution is -2.14. The van der Waals surface area contributed by atoms with Crippen molar-refractivity contribution in [2.45, 2.75) is 5.16 Å². The molecule has 0 bridgehead atoms. The number of amides is 1. The first-order valence-electron chi connectivity index (χ1n) is 9.34. The van der Waals surface area contributed by atoms with Crippen LogP contribution in [-0.2, 0) is 4.79 Å². The number of hydrogen-bond donors (Lipinski definition) is 1. The standard InChI is InChI=1S/C21H18FN5O3S2/c1-29-13-7-8-18(30-2)14(9-13)16-10-31-20(24-16)25-19(28)11-32-21-26-23-12-27(21)17-6-4-3-5-15(17)22/h3-10,12H,11H2,1-2H3,(H,24,25,28). The molecule has 1 N–H and O–H groups in total. The fourth-order valence-corrected chi connectivity index (χ4v) is 4.34. The third-order valence-corrected chi connectivity index (χ3v) is 6.09. The van der Waals surface area contributed by atoms with Gasteiger partial charge in [0, 0.05) is 10.9 Å². The Labute approximate surface area is 191 Å². The van der Waals surface area contributed by atoms with Crippen LogP contribution >= 0.6 is 23.1 Å². The minimum Gasteiger partial charge on any atom is -0.497 e. The summed E-state index contributed by atoms with van der Waals surface area (Å²) in [6.45, 7) is 0. The van der Waals surface area contributed by atoms with E-state index in [1.807, 2.05) is 11.4 Å². The maximum Gasteiger partial charge on any atom is 0.236 e. The number of ether oxygens (including phenoxy) is 2. The van der Waals surface area contributed by atoms with Gasteiger partial charge in [0.15, 0.2) is 10.3 Å². The number of thiazole rings is 1. The molecule has 32 heavy (non-hydrogen) atoms. The molecule has 4 rings (SSSR count). The molecule has 1 amide bonds. The van der Waals surface area contributed by atoms with Gasteiger partial charge in [0.25, 0.3) is 0 Å². The second kappa shape index (κ2) is 9.79. The average Bonchev–Trinajstić information content (AvgIpc) is 3.47. The molecule has 0 unspecified atom stereocenters. The van der Waals surface area contributed by atoms with Gasteiger partial charge in [-0.3, -0.25) is 9.36 Å². The molecule has 0 aliphatic carbocycles. The highest BCUT2D eigenvalue weighted by Gasteiger charge is 2.15. The summed E-state index contributed by atoms with van der Waals surface area (Å²) in [5.74, 6) is 0.718. The SMILES string of the molecule is COc1ccc(OC)c(-c2csc(NC(=O)CSc3nncn3-c3ccccc3F)n2)c1. The van der Waals surface area contributed by atoms with Crippen LogP contribution in [0.5, 0.6) is 11.5 Å². The summed E-state index contributed by atoms with van der Waals surface area (Å²) >= 11 is 2.45. The van der Waals surface area contributed by atoms with Crippen molar-refractivity contribution in [3.63, 3.8) is 0 Å². The number of hydrogen-bond acceptors (Lipinski definition) is 8. The van der Waals surface area contributed by atoms with Gasteiger partial charge in [-0.25, -0.2) is 9.37 Å². The zero-order valence-electron chi connectivity index (χ0n) is 17.1. The highest BCUT2D eigenvalue weighted by atomic mass is 32.2. The van der Waals surface area contributed by atoms with Gasteiger partial charge in [-0.2, -0.15) is 0 Å². The monoisotopic (exact) mass is 471 g/mol. The van der Waals surface area contributed by atoms with Crippen LogP contribution in [0.4, 0.5) is 9.52 Å². The Balaban J connectivity index is 1.42. The third-order valence-electron chi connectivity index (χ3n) is 4.39. The lowest BCUT2D eigenvalue weighted by Gasteiger charge is -2.08. The van der Waals surface area contributed by atoms with Crippen LogP contribution in [0.2, 0.25) is 0 Å². The van der Waals surface area contributed by atoms with Crippen LogP contribution in [0, 0.1) is 5.82 Å². The van der Waals surface area contributed by atoms with Gasteiger partial charge in [0.1, 0.15) is 23.6 Å². The fourth-order valence-electron chi connectivity index (χ4n) is 2.89. The topological polar surface area (TPSA) is 91.2 Å². The van der Waals surface area contributed by atoms with E-state index >= 15 is 0 Å². The molecule has 0 aliphatic heterocycles. The van der Waals surface area contributed by atoms with E-state index in [9.17, 15) is 9.18 Å². The van der Waals surface area contributed by atoms with Crippen molar-refractivity contribution in [2.75, 3.05) is 25.3 Å². The number of thioether (sulfide) groups is 1. The van der Waals surface area contributed by atoms with Crippen molar-refractivity contribution in [3.8, 4) is 28.4 Å². The number of halogens is 1. The first-order chi connectivity index (χ1) is 15.6. The van der Waals surface area contributed by atoms with Crippen molar-refractivity contribution < 1.29 is 18.7 Å². The number of benzene rings is 2. The molecule has 0 aliphatic rings. The van der Waals surface area contributed by atoms with Crippen molar-refractivity contribution in [1.29, 1.82) is 0 Å². The van der Waals surface area contributed by atoms with Crippen LogP contribution in [0.25, 0.3) is 16.9 Å². The summed E-state index contributed by atoms with van der Waals surface area (Å²) in [7, 11) is 3.17. The van der Waals surface area contributed by atoms with Crippen molar-refractivity contribution >= 4 is 34.1 Å². The second-order valence-corrected chi connectivity index (χ2v) is 8.18.